The van der Waals surface area contributed by atoms with Crippen molar-refractivity contribution in [1.82, 2.24) is 14.9 Å². The number of aliphatic hydroxyl groups is 1. The van der Waals surface area contributed by atoms with Gasteiger partial charge in [0, 0.05) is 32.0 Å². The molecule has 1 heterocycles. The molecular weight excluding hydrogens is 242 g/mol. The third-order valence-corrected chi connectivity index (χ3v) is 3.56. The van der Waals surface area contributed by atoms with Crippen LogP contribution in [0, 0.1) is 0 Å². The molecule has 1 unspecified atom stereocenters. The first-order valence-corrected chi connectivity index (χ1v) is 7.31. The summed E-state index contributed by atoms with van der Waals surface area (Å²) in [5.41, 5.74) is 0. The molecule has 0 aliphatic heterocycles. The fourth-order valence-corrected chi connectivity index (χ4v) is 2.43. The summed E-state index contributed by atoms with van der Waals surface area (Å²) < 4.78 is 7.75. The standard InChI is InChI=1S/C14H25N3O2/c18-13(11-19-14-4-2-1-3-5-14)10-15-6-8-17-9-7-16-12-17/h7,9,12-15,18H,1-6,8,10-11H2. The third kappa shape index (κ3) is 5.72. The molecule has 1 fully saturated rings. The minimum Gasteiger partial charge on any atom is -0.389 e. The second kappa shape index (κ2) is 8.30. The van der Waals surface area contributed by atoms with Crippen LogP contribution in [0.2, 0.25) is 0 Å². The number of nitrogens with one attached hydrogen (secondary N) is 1. The van der Waals surface area contributed by atoms with Crippen LogP contribution >= 0.6 is 0 Å². The predicted molar refractivity (Wildman–Crippen MR) is 73.9 cm³/mol. The normalized spacial score (nSPS) is 18.6. The Bertz CT molecular complexity index is 323. The summed E-state index contributed by atoms with van der Waals surface area (Å²) >= 11 is 0. The average molecular weight is 267 g/mol. The number of hydrogen-bond donors (Lipinski definition) is 2. The Morgan fingerprint density at radius 3 is 2.95 bits per heavy atom. The Hall–Kier alpha value is -0.910. The van der Waals surface area contributed by atoms with Gasteiger partial charge in [-0.15, -0.1) is 0 Å². The highest BCUT2D eigenvalue weighted by molar-refractivity contribution is 4.74. The minimum absolute atomic E-state index is 0.370. The van der Waals surface area contributed by atoms with Crippen LogP contribution in [0.15, 0.2) is 18.7 Å². The highest BCUT2D eigenvalue weighted by Crippen LogP contribution is 2.20. The maximum Gasteiger partial charge on any atom is 0.0946 e. The molecule has 2 rings (SSSR count). The number of nitrogens with zero attached hydrogens (tertiary/aromatic N) is 2. The van der Waals surface area contributed by atoms with Gasteiger partial charge in [0.15, 0.2) is 0 Å². The lowest BCUT2D eigenvalue weighted by Gasteiger charge is -2.23. The molecule has 0 radical (unpaired) electrons. The molecule has 108 valence electrons. The highest BCUT2D eigenvalue weighted by atomic mass is 16.5. The second-order valence-corrected chi connectivity index (χ2v) is 5.25. The summed E-state index contributed by atoms with van der Waals surface area (Å²) in [7, 11) is 0. The third-order valence-electron chi connectivity index (χ3n) is 3.56. The van der Waals surface area contributed by atoms with E-state index in [1.54, 1.807) is 12.5 Å². The first-order chi connectivity index (χ1) is 9.34. The maximum atomic E-state index is 9.83. The smallest absolute Gasteiger partial charge is 0.0946 e. The summed E-state index contributed by atoms with van der Waals surface area (Å²) in [6, 6.07) is 0. The Labute approximate surface area is 115 Å². The first kappa shape index (κ1) is 14.5. The van der Waals surface area contributed by atoms with E-state index >= 15 is 0 Å². The average Bonchev–Trinajstić information content (AvgIpc) is 2.96. The fourth-order valence-electron chi connectivity index (χ4n) is 2.43. The summed E-state index contributed by atoms with van der Waals surface area (Å²) in [6.07, 6.45) is 11.6. The Morgan fingerprint density at radius 1 is 1.37 bits per heavy atom. The molecule has 2 N–H and O–H groups in total. The van der Waals surface area contributed by atoms with Gasteiger partial charge >= 0.3 is 0 Å². The Balaban J connectivity index is 1.48. The molecule has 0 bridgehead atoms. The zero-order valence-electron chi connectivity index (χ0n) is 11.5. The quantitative estimate of drug-likeness (QED) is 0.695. The van der Waals surface area contributed by atoms with Gasteiger partial charge < -0.3 is 19.7 Å². The monoisotopic (exact) mass is 267 g/mol. The van der Waals surface area contributed by atoms with E-state index < -0.39 is 6.10 Å². The summed E-state index contributed by atoms with van der Waals surface area (Å²) in [5.74, 6) is 0. The van der Waals surface area contributed by atoms with E-state index in [0.717, 1.165) is 25.9 Å². The van der Waals surface area contributed by atoms with Crippen LogP contribution in [0.5, 0.6) is 0 Å². The van der Waals surface area contributed by atoms with E-state index in [4.69, 9.17) is 4.74 Å². The fraction of sp³-hybridized carbons (Fsp3) is 0.786. The van der Waals surface area contributed by atoms with E-state index in [2.05, 4.69) is 10.3 Å². The predicted octanol–water partition coefficient (Wildman–Crippen LogP) is 1.18. The molecule has 0 amide bonds. The van der Waals surface area contributed by atoms with E-state index in [-0.39, 0.29) is 0 Å². The molecule has 1 aliphatic carbocycles. The van der Waals surface area contributed by atoms with Crippen molar-refractivity contribution >= 4 is 0 Å². The summed E-state index contributed by atoms with van der Waals surface area (Å²) in [4.78, 5) is 3.98. The lowest BCUT2D eigenvalue weighted by molar-refractivity contribution is -0.0229. The van der Waals surface area contributed by atoms with E-state index in [0.29, 0.717) is 19.3 Å². The molecule has 5 nitrogen and oxygen atoms in total. The van der Waals surface area contributed by atoms with Crippen molar-refractivity contribution in [2.75, 3.05) is 19.7 Å². The van der Waals surface area contributed by atoms with Gasteiger partial charge in [0.1, 0.15) is 0 Å². The van der Waals surface area contributed by atoms with Gasteiger partial charge in [-0.25, -0.2) is 4.98 Å². The van der Waals surface area contributed by atoms with Gasteiger partial charge in [-0.1, -0.05) is 19.3 Å². The van der Waals surface area contributed by atoms with Crippen LogP contribution < -0.4 is 5.32 Å². The van der Waals surface area contributed by atoms with Crippen LogP contribution in [-0.2, 0) is 11.3 Å². The summed E-state index contributed by atoms with van der Waals surface area (Å²) in [5, 5.41) is 13.1. The van der Waals surface area contributed by atoms with E-state index in [9.17, 15) is 5.11 Å². The number of ether oxygens (including phenoxy) is 1. The molecule has 1 aromatic heterocycles. The number of aliphatic hydroxyl groups excluding tert-OH is 1. The maximum absolute atomic E-state index is 9.83. The van der Waals surface area contributed by atoms with Gasteiger partial charge in [0.05, 0.1) is 25.1 Å². The van der Waals surface area contributed by atoms with E-state index in [1.807, 2.05) is 10.8 Å². The Kier molecular flexibility index (Phi) is 6.33. The van der Waals surface area contributed by atoms with Crippen molar-refractivity contribution in [3.05, 3.63) is 18.7 Å². The van der Waals surface area contributed by atoms with Crippen molar-refractivity contribution < 1.29 is 9.84 Å². The van der Waals surface area contributed by atoms with Gasteiger partial charge in [-0.3, -0.25) is 0 Å². The molecule has 19 heavy (non-hydrogen) atoms. The van der Waals surface area contributed by atoms with Gasteiger partial charge in [-0.05, 0) is 12.8 Å². The van der Waals surface area contributed by atoms with Crippen LogP contribution in [-0.4, -0.2) is 46.6 Å². The van der Waals surface area contributed by atoms with Crippen molar-refractivity contribution in [3.63, 3.8) is 0 Å². The number of aromatic nitrogens is 2. The lowest BCUT2D eigenvalue weighted by atomic mass is 9.98. The van der Waals surface area contributed by atoms with Crippen LogP contribution in [0.3, 0.4) is 0 Å². The number of imidazole rings is 1. The molecule has 0 spiro atoms. The van der Waals surface area contributed by atoms with Gasteiger partial charge in [0.2, 0.25) is 0 Å². The topological polar surface area (TPSA) is 59.3 Å². The van der Waals surface area contributed by atoms with Crippen molar-refractivity contribution in [1.29, 1.82) is 0 Å². The zero-order valence-corrected chi connectivity index (χ0v) is 11.5. The van der Waals surface area contributed by atoms with Crippen LogP contribution in [0.4, 0.5) is 0 Å². The number of rotatable bonds is 8. The lowest BCUT2D eigenvalue weighted by Crippen LogP contribution is -2.33. The minimum atomic E-state index is -0.412. The van der Waals surface area contributed by atoms with Crippen molar-refractivity contribution in [2.45, 2.75) is 50.9 Å². The first-order valence-electron chi connectivity index (χ1n) is 7.31. The molecule has 1 atom stereocenters. The van der Waals surface area contributed by atoms with Gasteiger partial charge in [-0.2, -0.15) is 0 Å². The SMILES string of the molecule is OC(CNCCn1ccnc1)COC1CCCCC1. The number of hydrogen-bond acceptors (Lipinski definition) is 4. The molecule has 1 aromatic rings. The second-order valence-electron chi connectivity index (χ2n) is 5.25. The van der Waals surface area contributed by atoms with Gasteiger partial charge in [0.25, 0.3) is 0 Å². The van der Waals surface area contributed by atoms with E-state index in [1.165, 1.54) is 19.3 Å². The molecule has 1 saturated carbocycles. The van der Waals surface area contributed by atoms with Crippen molar-refractivity contribution in [3.8, 4) is 0 Å². The highest BCUT2D eigenvalue weighted by Gasteiger charge is 2.15. The largest absolute Gasteiger partial charge is 0.389 e. The zero-order chi connectivity index (χ0) is 13.3. The van der Waals surface area contributed by atoms with Crippen LogP contribution in [0.25, 0.3) is 0 Å². The molecule has 1 aliphatic rings. The molecule has 0 aromatic carbocycles. The van der Waals surface area contributed by atoms with Crippen LogP contribution in [0.1, 0.15) is 32.1 Å². The molecule has 0 saturated heterocycles. The van der Waals surface area contributed by atoms with Crippen molar-refractivity contribution in [2.24, 2.45) is 0 Å². The molecule has 5 heteroatoms. The Morgan fingerprint density at radius 2 is 2.21 bits per heavy atom. The summed E-state index contributed by atoms with van der Waals surface area (Å²) in [6.45, 7) is 2.73. The molecular formula is C14H25N3O2.